The highest BCUT2D eigenvalue weighted by atomic mass is 16.3. The lowest BCUT2D eigenvalue weighted by molar-refractivity contribution is -0.127. The van der Waals surface area contributed by atoms with Crippen LogP contribution in [-0.2, 0) is 4.79 Å². The van der Waals surface area contributed by atoms with E-state index in [2.05, 4.69) is 10.6 Å². The summed E-state index contributed by atoms with van der Waals surface area (Å²) in [6, 6.07) is 4.01. The number of likely N-dealkylation sites (N-methyl/N-ethyl adjacent to an activating group) is 1. The second kappa shape index (κ2) is 6.11. The van der Waals surface area contributed by atoms with Crippen molar-refractivity contribution in [2.24, 2.45) is 0 Å². The summed E-state index contributed by atoms with van der Waals surface area (Å²) < 4.78 is 0. The van der Waals surface area contributed by atoms with Gasteiger partial charge in [-0.3, -0.25) is 9.69 Å². The Morgan fingerprint density at radius 2 is 2.25 bits per heavy atom. The molecule has 4 N–H and O–H groups in total. The van der Waals surface area contributed by atoms with Gasteiger partial charge < -0.3 is 20.8 Å². The van der Waals surface area contributed by atoms with Crippen LogP contribution < -0.4 is 10.6 Å². The number of carbonyl (C=O) groups is 1. The van der Waals surface area contributed by atoms with Crippen LogP contribution in [0, 0.1) is 0 Å². The Labute approximate surface area is 118 Å². The van der Waals surface area contributed by atoms with Crippen LogP contribution in [0.3, 0.4) is 0 Å². The van der Waals surface area contributed by atoms with Crippen LogP contribution in [-0.4, -0.2) is 53.7 Å². The SMILES string of the molecule is CNC(=O)C1CNCCN1C(C)c1cc(O)ccc1O. The largest absolute Gasteiger partial charge is 0.508 e. The topological polar surface area (TPSA) is 84.8 Å². The van der Waals surface area contributed by atoms with Gasteiger partial charge in [0, 0.05) is 38.3 Å². The molecule has 1 fully saturated rings. The summed E-state index contributed by atoms with van der Waals surface area (Å²) in [7, 11) is 1.62. The number of hydrogen-bond acceptors (Lipinski definition) is 5. The summed E-state index contributed by atoms with van der Waals surface area (Å²) in [5, 5.41) is 25.4. The Kier molecular flexibility index (Phi) is 4.46. The minimum Gasteiger partial charge on any atom is -0.508 e. The molecule has 0 spiro atoms. The highest BCUT2D eigenvalue weighted by molar-refractivity contribution is 5.82. The molecule has 1 saturated heterocycles. The second-order valence-electron chi connectivity index (χ2n) is 4.99. The molecule has 0 aromatic heterocycles. The lowest BCUT2D eigenvalue weighted by Gasteiger charge is -2.39. The molecule has 1 aliphatic rings. The van der Waals surface area contributed by atoms with Gasteiger partial charge in [-0.15, -0.1) is 0 Å². The molecule has 6 nitrogen and oxygen atoms in total. The van der Waals surface area contributed by atoms with Gasteiger partial charge in [0.2, 0.25) is 5.91 Å². The number of aromatic hydroxyl groups is 2. The number of benzene rings is 1. The Hall–Kier alpha value is -1.79. The van der Waals surface area contributed by atoms with E-state index < -0.39 is 0 Å². The van der Waals surface area contributed by atoms with Crippen molar-refractivity contribution in [2.75, 3.05) is 26.7 Å². The first-order chi connectivity index (χ1) is 9.54. The molecule has 20 heavy (non-hydrogen) atoms. The van der Waals surface area contributed by atoms with Crippen molar-refractivity contribution >= 4 is 5.91 Å². The number of phenolic OH excluding ortho intramolecular Hbond substituents is 2. The van der Waals surface area contributed by atoms with E-state index in [0.29, 0.717) is 18.7 Å². The first-order valence-electron chi connectivity index (χ1n) is 6.74. The van der Waals surface area contributed by atoms with E-state index in [1.807, 2.05) is 11.8 Å². The van der Waals surface area contributed by atoms with Crippen molar-refractivity contribution in [3.05, 3.63) is 23.8 Å². The average Bonchev–Trinajstić information content (AvgIpc) is 2.48. The number of hydrogen-bond donors (Lipinski definition) is 4. The van der Waals surface area contributed by atoms with Crippen LogP contribution in [0.2, 0.25) is 0 Å². The van der Waals surface area contributed by atoms with Crippen molar-refractivity contribution in [2.45, 2.75) is 19.0 Å². The van der Waals surface area contributed by atoms with Crippen molar-refractivity contribution in [1.29, 1.82) is 0 Å². The second-order valence-corrected chi connectivity index (χ2v) is 4.99. The van der Waals surface area contributed by atoms with Gasteiger partial charge in [0.15, 0.2) is 0 Å². The third-order valence-corrected chi connectivity index (χ3v) is 3.79. The Morgan fingerprint density at radius 3 is 2.95 bits per heavy atom. The molecule has 110 valence electrons. The van der Waals surface area contributed by atoms with Crippen LogP contribution in [0.4, 0.5) is 0 Å². The van der Waals surface area contributed by atoms with E-state index >= 15 is 0 Å². The van der Waals surface area contributed by atoms with Gasteiger partial charge in [-0.2, -0.15) is 0 Å². The summed E-state index contributed by atoms with van der Waals surface area (Å²) >= 11 is 0. The fraction of sp³-hybridized carbons (Fsp3) is 0.500. The molecule has 1 aliphatic heterocycles. The summed E-state index contributed by atoms with van der Waals surface area (Å²) in [5.41, 5.74) is 0.626. The van der Waals surface area contributed by atoms with Gasteiger partial charge in [-0.25, -0.2) is 0 Å². The molecular formula is C14H21N3O3. The van der Waals surface area contributed by atoms with Crippen molar-refractivity contribution in [3.63, 3.8) is 0 Å². The van der Waals surface area contributed by atoms with Gasteiger partial charge in [0.1, 0.15) is 17.5 Å². The predicted octanol–water partition coefficient (Wildman–Crippen LogP) is 0.179. The molecule has 1 amide bonds. The molecule has 0 saturated carbocycles. The van der Waals surface area contributed by atoms with Crippen LogP contribution in [0.15, 0.2) is 18.2 Å². The quantitative estimate of drug-likeness (QED) is 0.593. The van der Waals surface area contributed by atoms with Gasteiger partial charge in [0.25, 0.3) is 0 Å². The third-order valence-electron chi connectivity index (χ3n) is 3.79. The summed E-state index contributed by atoms with van der Waals surface area (Å²) in [6.45, 7) is 3.99. The maximum atomic E-state index is 12.0. The van der Waals surface area contributed by atoms with E-state index in [4.69, 9.17) is 0 Å². The van der Waals surface area contributed by atoms with Gasteiger partial charge in [-0.1, -0.05) is 0 Å². The molecule has 6 heteroatoms. The number of amides is 1. The molecule has 2 atom stereocenters. The average molecular weight is 279 g/mol. The molecule has 0 aliphatic carbocycles. The highest BCUT2D eigenvalue weighted by Crippen LogP contribution is 2.32. The fourth-order valence-corrected chi connectivity index (χ4v) is 2.65. The first-order valence-corrected chi connectivity index (χ1v) is 6.74. The molecule has 0 bridgehead atoms. The maximum absolute atomic E-state index is 12.0. The Morgan fingerprint density at radius 1 is 1.50 bits per heavy atom. The highest BCUT2D eigenvalue weighted by Gasteiger charge is 2.32. The standard InChI is InChI=1S/C14H21N3O3/c1-9(11-7-10(18)3-4-13(11)19)17-6-5-16-8-12(17)14(20)15-2/h3-4,7,9,12,16,18-19H,5-6,8H2,1-2H3,(H,15,20). The van der Waals surface area contributed by atoms with Crippen molar-refractivity contribution in [3.8, 4) is 11.5 Å². The smallest absolute Gasteiger partial charge is 0.238 e. The predicted molar refractivity (Wildman–Crippen MR) is 75.6 cm³/mol. The minimum atomic E-state index is -0.287. The summed E-state index contributed by atoms with van der Waals surface area (Å²) in [4.78, 5) is 14.0. The Bertz CT molecular complexity index is 493. The lowest BCUT2D eigenvalue weighted by atomic mass is 10.0. The van der Waals surface area contributed by atoms with E-state index in [9.17, 15) is 15.0 Å². The van der Waals surface area contributed by atoms with Crippen LogP contribution >= 0.6 is 0 Å². The minimum absolute atomic E-state index is 0.0521. The molecule has 1 heterocycles. The monoisotopic (exact) mass is 279 g/mol. The van der Waals surface area contributed by atoms with Crippen LogP contribution in [0.1, 0.15) is 18.5 Å². The zero-order chi connectivity index (χ0) is 14.7. The van der Waals surface area contributed by atoms with E-state index in [-0.39, 0.29) is 29.5 Å². The molecule has 2 unspecified atom stereocenters. The summed E-state index contributed by atoms with van der Waals surface area (Å²) in [6.07, 6.45) is 0. The molecular weight excluding hydrogens is 258 g/mol. The zero-order valence-corrected chi connectivity index (χ0v) is 11.8. The van der Waals surface area contributed by atoms with Crippen molar-refractivity contribution in [1.82, 2.24) is 15.5 Å². The molecule has 1 aromatic rings. The zero-order valence-electron chi connectivity index (χ0n) is 11.8. The number of piperazine rings is 1. The first kappa shape index (κ1) is 14.6. The summed E-state index contributed by atoms with van der Waals surface area (Å²) in [5.74, 6) is 0.185. The number of carbonyl (C=O) groups excluding carboxylic acids is 1. The molecule has 2 rings (SSSR count). The van der Waals surface area contributed by atoms with E-state index in [0.717, 1.165) is 6.54 Å². The number of nitrogens with zero attached hydrogens (tertiary/aromatic N) is 1. The third kappa shape index (κ3) is 2.86. The van der Waals surface area contributed by atoms with Gasteiger partial charge in [-0.05, 0) is 25.1 Å². The maximum Gasteiger partial charge on any atom is 0.238 e. The van der Waals surface area contributed by atoms with Gasteiger partial charge >= 0.3 is 0 Å². The Balaban J connectivity index is 2.27. The van der Waals surface area contributed by atoms with Crippen LogP contribution in [0.5, 0.6) is 11.5 Å². The fourth-order valence-electron chi connectivity index (χ4n) is 2.65. The number of phenols is 2. The molecule has 0 radical (unpaired) electrons. The number of nitrogens with one attached hydrogen (secondary N) is 2. The molecule has 1 aromatic carbocycles. The van der Waals surface area contributed by atoms with Gasteiger partial charge in [0.05, 0.1) is 0 Å². The van der Waals surface area contributed by atoms with Crippen molar-refractivity contribution < 1.29 is 15.0 Å². The van der Waals surface area contributed by atoms with Crippen LogP contribution in [0.25, 0.3) is 0 Å². The number of rotatable bonds is 3. The van der Waals surface area contributed by atoms with E-state index in [1.165, 1.54) is 12.1 Å². The lowest BCUT2D eigenvalue weighted by Crippen LogP contribution is -2.57. The normalized spacial score (nSPS) is 21.4. The van der Waals surface area contributed by atoms with E-state index in [1.54, 1.807) is 13.1 Å².